The molecule has 1 atom stereocenters. The number of amides is 2. The summed E-state index contributed by atoms with van der Waals surface area (Å²) in [5.74, 6) is -0.894. The summed E-state index contributed by atoms with van der Waals surface area (Å²) in [6.07, 6.45) is -0.167. The molecule has 0 saturated heterocycles. The van der Waals surface area contributed by atoms with E-state index in [0.29, 0.717) is 10.6 Å². The molecule has 0 aliphatic carbocycles. The van der Waals surface area contributed by atoms with Gasteiger partial charge in [0.1, 0.15) is 6.61 Å². The fourth-order valence-electron chi connectivity index (χ4n) is 1.58. The van der Waals surface area contributed by atoms with Crippen LogP contribution in [0.1, 0.15) is 24.9 Å². The topological polar surface area (TPSA) is 98.5 Å². The van der Waals surface area contributed by atoms with Gasteiger partial charge in [0.2, 0.25) is 0 Å². The van der Waals surface area contributed by atoms with Crippen molar-refractivity contribution in [1.29, 1.82) is 0 Å². The zero-order chi connectivity index (χ0) is 15.1. The van der Waals surface area contributed by atoms with E-state index in [1.807, 2.05) is 0 Å². The molecule has 7 heteroatoms. The minimum Gasteiger partial charge on any atom is -0.458 e. The molecule has 3 N–H and O–H groups in total. The van der Waals surface area contributed by atoms with Gasteiger partial charge in [-0.2, -0.15) is 0 Å². The van der Waals surface area contributed by atoms with Crippen LogP contribution in [-0.4, -0.2) is 24.4 Å². The zero-order valence-electron chi connectivity index (χ0n) is 10.9. The first-order valence-corrected chi connectivity index (χ1v) is 6.23. The molecule has 0 aromatic heterocycles. The van der Waals surface area contributed by atoms with Crippen LogP contribution >= 0.6 is 11.6 Å². The number of carbonyl (C=O) groups is 3. The second-order valence-electron chi connectivity index (χ2n) is 4.15. The Hall–Kier alpha value is -2.08. The second-order valence-corrected chi connectivity index (χ2v) is 4.56. The lowest BCUT2D eigenvalue weighted by Crippen LogP contribution is -2.35. The Bertz CT molecular complexity index is 519. The molecule has 1 rings (SSSR count). The van der Waals surface area contributed by atoms with Crippen molar-refractivity contribution in [2.45, 2.75) is 19.4 Å². The van der Waals surface area contributed by atoms with Crippen molar-refractivity contribution < 1.29 is 19.1 Å². The molecule has 0 fully saturated rings. The average Bonchev–Trinajstić information content (AvgIpc) is 2.35. The Morgan fingerprint density at radius 3 is 2.55 bits per heavy atom. The first kappa shape index (κ1) is 16.0. The summed E-state index contributed by atoms with van der Waals surface area (Å²) >= 11 is 6.02. The van der Waals surface area contributed by atoms with Crippen molar-refractivity contribution in [3.63, 3.8) is 0 Å². The van der Waals surface area contributed by atoms with Gasteiger partial charge in [-0.15, -0.1) is 0 Å². The van der Waals surface area contributed by atoms with Crippen molar-refractivity contribution >= 4 is 29.4 Å². The largest absolute Gasteiger partial charge is 0.458 e. The van der Waals surface area contributed by atoms with Crippen LogP contribution in [-0.2, 0) is 14.3 Å². The number of ether oxygens (including phenoxy) is 1. The third kappa shape index (κ3) is 5.27. The molecule has 0 aliphatic rings. The van der Waals surface area contributed by atoms with Crippen molar-refractivity contribution in [2.75, 3.05) is 6.61 Å². The molecule has 0 saturated carbocycles. The van der Waals surface area contributed by atoms with E-state index in [0.717, 1.165) is 0 Å². The number of primary amides is 1. The number of ketones is 1. The summed E-state index contributed by atoms with van der Waals surface area (Å²) in [6, 6.07) is 5.25. The van der Waals surface area contributed by atoms with Gasteiger partial charge in [-0.1, -0.05) is 29.8 Å². The summed E-state index contributed by atoms with van der Waals surface area (Å²) in [6.45, 7) is 1.01. The molecule has 1 aromatic carbocycles. The minimum atomic E-state index is -0.783. The van der Waals surface area contributed by atoms with Gasteiger partial charge >= 0.3 is 12.0 Å². The Labute approximate surface area is 121 Å². The van der Waals surface area contributed by atoms with Gasteiger partial charge in [0, 0.05) is 5.02 Å². The van der Waals surface area contributed by atoms with E-state index in [1.54, 1.807) is 24.3 Å². The highest BCUT2D eigenvalue weighted by molar-refractivity contribution is 6.31. The Morgan fingerprint density at radius 2 is 2.00 bits per heavy atom. The Balaban J connectivity index is 2.80. The molecule has 2 amide bonds. The smallest absolute Gasteiger partial charge is 0.312 e. The van der Waals surface area contributed by atoms with Gasteiger partial charge in [-0.05, 0) is 18.6 Å². The number of Topliss-reactive ketones (excluding diaryl/α,β-unsaturated/α-hetero) is 1. The zero-order valence-corrected chi connectivity index (χ0v) is 11.6. The lowest BCUT2D eigenvalue weighted by molar-refractivity contribution is -0.148. The summed E-state index contributed by atoms with van der Waals surface area (Å²) in [4.78, 5) is 33.4. The number of nitrogens with one attached hydrogen (secondary N) is 1. The number of rotatable bonds is 6. The van der Waals surface area contributed by atoms with Crippen LogP contribution in [0.3, 0.4) is 0 Å². The quantitative estimate of drug-likeness (QED) is 0.779. The molecule has 1 unspecified atom stereocenters. The number of esters is 1. The lowest BCUT2D eigenvalue weighted by Gasteiger charge is -2.18. The molecule has 0 radical (unpaired) electrons. The van der Waals surface area contributed by atoms with Crippen molar-refractivity contribution in [3.05, 3.63) is 34.9 Å². The number of nitrogens with two attached hydrogens (primary N) is 1. The van der Waals surface area contributed by atoms with E-state index in [9.17, 15) is 14.4 Å². The highest BCUT2D eigenvalue weighted by atomic mass is 35.5. The van der Waals surface area contributed by atoms with Crippen molar-refractivity contribution in [1.82, 2.24) is 5.32 Å². The first-order chi connectivity index (χ1) is 9.40. The van der Waals surface area contributed by atoms with Crippen LogP contribution in [0.2, 0.25) is 5.02 Å². The fraction of sp³-hybridized carbons (Fsp3) is 0.308. The van der Waals surface area contributed by atoms with Gasteiger partial charge in [0.25, 0.3) is 0 Å². The van der Waals surface area contributed by atoms with E-state index in [-0.39, 0.29) is 18.8 Å². The molecular weight excluding hydrogens is 284 g/mol. The van der Waals surface area contributed by atoms with E-state index in [1.165, 1.54) is 6.92 Å². The number of hydrogen-bond donors (Lipinski definition) is 2. The predicted molar refractivity (Wildman–Crippen MR) is 73.2 cm³/mol. The summed E-state index contributed by atoms with van der Waals surface area (Å²) in [7, 11) is 0. The van der Waals surface area contributed by atoms with E-state index in [4.69, 9.17) is 22.1 Å². The van der Waals surface area contributed by atoms with E-state index in [2.05, 4.69) is 5.32 Å². The normalized spacial score (nSPS) is 11.5. The van der Waals surface area contributed by atoms with Gasteiger partial charge in [0.05, 0.1) is 12.5 Å². The standard InChI is InChI=1S/C13H15ClN2O4/c1-8(17)7-20-12(18)6-11(16-13(15)19)9-4-2-3-5-10(9)14/h2-5,11H,6-7H2,1H3,(H3,15,16,19). The summed E-state index contributed by atoms with van der Waals surface area (Å²) in [5.41, 5.74) is 5.63. The SMILES string of the molecule is CC(=O)COC(=O)CC(NC(N)=O)c1ccccc1Cl. The fourth-order valence-corrected chi connectivity index (χ4v) is 1.84. The summed E-state index contributed by atoms with van der Waals surface area (Å²) in [5, 5.41) is 2.82. The van der Waals surface area contributed by atoms with Crippen LogP contribution in [0.25, 0.3) is 0 Å². The molecule has 1 aromatic rings. The maximum Gasteiger partial charge on any atom is 0.312 e. The third-order valence-electron chi connectivity index (χ3n) is 2.40. The minimum absolute atomic E-state index is 0.167. The van der Waals surface area contributed by atoms with Gasteiger partial charge < -0.3 is 15.8 Å². The molecule has 0 bridgehead atoms. The predicted octanol–water partition coefficient (Wildman–Crippen LogP) is 1.57. The maximum absolute atomic E-state index is 11.6. The Kier molecular flexibility index (Phi) is 5.99. The highest BCUT2D eigenvalue weighted by Crippen LogP contribution is 2.25. The molecule has 0 aliphatic heterocycles. The number of hydrogen-bond acceptors (Lipinski definition) is 4. The van der Waals surface area contributed by atoms with Crippen LogP contribution in [0, 0.1) is 0 Å². The molecule has 20 heavy (non-hydrogen) atoms. The number of benzene rings is 1. The molecular formula is C13H15ClN2O4. The van der Waals surface area contributed by atoms with E-state index < -0.39 is 18.0 Å². The van der Waals surface area contributed by atoms with Gasteiger partial charge in [-0.25, -0.2) is 4.79 Å². The monoisotopic (exact) mass is 298 g/mol. The second kappa shape index (κ2) is 7.49. The summed E-state index contributed by atoms with van der Waals surface area (Å²) < 4.78 is 4.75. The van der Waals surface area contributed by atoms with Crippen LogP contribution in [0.15, 0.2) is 24.3 Å². The van der Waals surface area contributed by atoms with Gasteiger partial charge in [-0.3, -0.25) is 9.59 Å². The molecule has 6 nitrogen and oxygen atoms in total. The lowest BCUT2D eigenvalue weighted by atomic mass is 10.0. The van der Waals surface area contributed by atoms with Crippen LogP contribution < -0.4 is 11.1 Å². The third-order valence-corrected chi connectivity index (χ3v) is 2.75. The molecule has 0 heterocycles. The molecule has 0 spiro atoms. The number of urea groups is 1. The number of halogens is 1. The van der Waals surface area contributed by atoms with Gasteiger partial charge in [0.15, 0.2) is 5.78 Å². The maximum atomic E-state index is 11.6. The Morgan fingerprint density at radius 1 is 1.35 bits per heavy atom. The van der Waals surface area contributed by atoms with Crippen molar-refractivity contribution in [2.24, 2.45) is 5.73 Å². The van der Waals surface area contributed by atoms with Crippen LogP contribution in [0.4, 0.5) is 4.79 Å². The van der Waals surface area contributed by atoms with Crippen LogP contribution in [0.5, 0.6) is 0 Å². The highest BCUT2D eigenvalue weighted by Gasteiger charge is 2.20. The van der Waals surface area contributed by atoms with E-state index >= 15 is 0 Å². The number of carbonyl (C=O) groups excluding carboxylic acids is 3. The average molecular weight is 299 g/mol. The van der Waals surface area contributed by atoms with Crippen molar-refractivity contribution in [3.8, 4) is 0 Å². The first-order valence-electron chi connectivity index (χ1n) is 5.85. The molecule has 108 valence electrons.